The molecule has 2 aromatic carbocycles. The van der Waals surface area contributed by atoms with Crippen molar-refractivity contribution < 1.29 is 13.4 Å². The number of hydrogen-bond donors (Lipinski definition) is 1. The van der Waals surface area contributed by atoms with E-state index >= 15 is 0 Å². The van der Waals surface area contributed by atoms with Gasteiger partial charge in [-0.05, 0) is 77.6 Å². The van der Waals surface area contributed by atoms with Gasteiger partial charge in [0.25, 0.3) is 0 Å². The molecule has 0 aliphatic heterocycles. The highest BCUT2D eigenvalue weighted by Gasteiger charge is 2.26. The van der Waals surface area contributed by atoms with E-state index in [0.717, 1.165) is 43.2 Å². The summed E-state index contributed by atoms with van der Waals surface area (Å²) in [5.74, 6) is -0.522. The molecule has 1 heterocycles. The molecule has 1 aliphatic carbocycles. The predicted molar refractivity (Wildman–Crippen MR) is 126 cm³/mol. The van der Waals surface area contributed by atoms with Gasteiger partial charge in [-0.3, -0.25) is 9.00 Å². The van der Waals surface area contributed by atoms with Crippen molar-refractivity contribution in [2.75, 3.05) is 11.6 Å². The van der Waals surface area contributed by atoms with Crippen molar-refractivity contribution in [2.45, 2.75) is 25.2 Å². The molecule has 0 spiro atoms. The van der Waals surface area contributed by atoms with Crippen LogP contribution in [0.3, 0.4) is 0 Å². The molecule has 1 amide bonds. The third kappa shape index (κ3) is 4.57. The summed E-state index contributed by atoms with van der Waals surface area (Å²) in [5, 5.41) is 3.39. The number of aryl methyl sites for hydroxylation is 1. The largest absolute Gasteiger partial charge is 0.302 e. The van der Waals surface area contributed by atoms with Crippen LogP contribution in [-0.2, 0) is 15.6 Å². The lowest BCUT2D eigenvalue weighted by atomic mass is 10.0. The van der Waals surface area contributed by atoms with Gasteiger partial charge in [0, 0.05) is 33.0 Å². The SMILES string of the molecule is CC1=C(CC(=O)Nc2ncc(C)s2)c2cc(F)ccc2/C1=C/c1ccc(S(C)=O)cc1. The van der Waals surface area contributed by atoms with E-state index in [9.17, 15) is 13.4 Å². The number of aromatic nitrogens is 1. The van der Waals surface area contributed by atoms with Crippen LogP contribution in [0.15, 0.2) is 59.1 Å². The molecule has 1 unspecified atom stereocenters. The van der Waals surface area contributed by atoms with Crippen molar-refractivity contribution in [1.82, 2.24) is 4.98 Å². The van der Waals surface area contributed by atoms with E-state index in [4.69, 9.17) is 0 Å². The molecule has 0 bridgehead atoms. The lowest BCUT2D eigenvalue weighted by Gasteiger charge is -2.06. The second-order valence-corrected chi connectivity index (χ2v) is 9.99. The van der Waals surface area contributed by atoms with E-state index in [1.165, 1.54) is 23.5 Å². The van der Waals surface area contributed by atoms with E-state index in [1.54, 1.807) is 18.5 Å². The molecule has 1 N–H and O–H groups in total. The van der Waals surface area contributed by atoms with Crippen molar-refractivity contribution >= 4 is 50.4 Å². The molecule has 0 saturated carbocycles. The van der Waals surface area contributed by atoms with Gasteiger partial charge in [-0.15, -0.1) is 11.3 Å². The Morgan fingerprint density at radius 1 is 1.16 bits per heavy atom. The van der Waals surface area contributed by atoms with Crippen LogP contribution in [0.4, 0.5) is 9.52 Å². The van der Waals surface area contributed by atoms with Crippen LogP contribution in [0.5, 0.6) is 0 Å². The zero-order valence-corrected chi connectivity index (χ0v) is 19.0. The average molecular weight is 453 g/mol. The van der Waals surface area contributed by atoms with Crippen LogP contribution in [-0.4, -0.2) is 21.4 Å². The topological polar surface area (TPSA) is 59.1 Å². The van der Waals surface area contributed by atoms with E-state index < -0.39 is 10.8 Å². The van der Waals surface area contributed by atoms with Crippen LogP contribution in [0.1, 0.15) is 34.9 Å². The van der Waals surface area contributed by atoms with Crippen molar-refractivity contribution in [1.29, 1.82) is 0 Å². The van der Waals surface area contributed by atoms with E-state index in [2.05, 4.69) is 10.3 Å². The molecule has 3 aromatic rings. The standard InChI is InChI=1S/C24H21FN2O2S2/c1-14-13-26-24(30-14)27-23(28)12-21-15(2)20(19-9-6-17(25)11-22(19)21)10-16-4-7-18(8-5-16)31(3)29/h4-11,13H,12H2,1-3H3,(H,26,27,28)/b20-10+. The van der Waals surface area contributed by atoms with Gasteiger partial charge >= 0.3 is 0 Å². The van der Waals surface area contributed by atoms with Crippen LogP contribution >= 0.6 is 11.3 Å². The monoisotopic (exact) mass is 452 g/mol. The predicted octanol–water partition coefficient (Wildman–Crippen LogP) is 5.68. The summed E-state index contributed by atoms with van der Waals surface area (Å²) in [6.07, 6.45) is 5.51. The molecule has 31 heavy (non-hydrogen) atoms. The minimum absolute atomic E-state index is 0.131. The maximum absolute atomic E-state index is 14.0. The average Bonchev–Trinajstić information content (AvgIpc) is 3.24. The molecule has 158 valence electrons. The third-order valence-corrected chi connectivity index (χ3v) is 6.95. The van der Waals surface area contributed by atoms with E-state index in [1.807, 2.05) is 44.2 Å². The number of allylic oxidation sites excluding steroid dienone is 2. The number of nitrogens with zero attached hydrogens (tertiary/aromatic N) is 1. The normalized spacial score (nSPS) is 15.3. The van der Waals surface area contributed by atoms with Gasteiger partial charge in [0.2, 0.25) is 5.91 Å². The first-order valence-electron chi connectivity index (χ1n) is 9.69. The minimum Gasteiger partial charge on any atom is -0.302 e. The van der Waals surface area contributed by atoms with Crippen molar-refractivity contribution in [2.24, 2.45) is 0 Å². The maximum Gasteiger partial charge on any atom is 0.230 e. The second kappa shape index (κ2) is 8.69. The Balaban J connectivity index is 1.68. The van der Waals surface area contributed by atoms with Gasteiger partial charge < -0.3 is 5.32 Å². The number of nitrogens with one attached hydrogen (secondary N) is 1. The van der Waals surface area contributed by atoms with Gasteiger partial charge in [0.1, 0.15) is 5.82 Å². The van der Waals surface area contributed by atoms with Gasteiger partial charge in [0.15, 0.2) is 5.13 Å². The van der Waals surface area contributed by atoms with Crippen LogP contribution in [0, 0.1) is 12.7 Å². The summed E-state index contributed by atoms with van der Waals surface area (Å²) >= 11 is 1.42. The molecule has 0 radical (unpaired) electrons. The van der Waals surface area contributed by atoms with E-state index in [-0.39, 0.29) is 18.1 Å². The molecule has 1 atom stereocenters. The molecule has 4 nitrogen and oxygen atoms in total. The molecule has 0 saturated heterocycles. The number of hydrogen-bond acceptors (Lipinski definition) is 4. The Morgan fingerprint density at radius 3 is 2.55 bits per heavy atom. The lowest BCUT2D eigenvalue weighted by molar-refractivity contribution is -0.115. The summed E-state index contributed by atoms with van der Waals surface area (Å²) in [6.45, 7) is 3.88. The number of carbonyl (C=O) groups is 1. The number of carbonyl (C=O) groups excluding carboxylic acids is 1. The number of thiazole rings is 1. The molecular weight excluding hydrogens is 431 g/mol. The highest BCUT2D eigenvalue weighted by atomic mass is 32.2. The summed E-state index contributed by atoms with van der Waals surface area (Å²) in [6, 6.07) is 12.2. The fraction of sp³-hybridized carbons (Fsp3) is 0.167. The zero-order chi connectivity index (χ0) is 22.1. The van der Waals surface area contributed by atoms with Crippen LogP contribution < -0.4 is 5.32 Å². The van der Waals surface area contributed by atoms with Crippen molar-refractivity contribution in [3.63, 3.8) is 0 Å². The summed E-state index contributed by atoms with van der Waals surface area (Å²) in [7, 11) is -1.04. The molecule has 1 aromatic heterocycles. The molecule has 7 heteroatoms. The maximum atomic E-state index is 14.0. The number of amides is 1. The second-order valence-electron chi connectivity index (χ2n) is 7.38. The van der Waals surface area contributed by atoms with Crippen LogP contribution in [0.25, 0.3) is 17.2 Å². The first-order valence-corrected chi connectivity index (χ1v) is 12.1. The number of benzene rings is 2. The minimum atomic E-state index is -1.04. The Hall–Kier alpha value is -2.90. The van der Waals surface area contributed by atoms with E-state index in [0.29, 0.717) is 5.13 Å². The molecule has 4 rings (SSSR count). The van der Waals surface area contributed by atoms with Gasteiger partial charge in [0.05, 0.1) is 6.42 Å². The number of rotatable bonds is 5. The smallest absolute Gasteiger partial charge is 0.230 e. The highest BCUT2D eigenvalue weighted by Crippen LogP contribution is 2.44. The van der Waals surface area contributed by atoms with Crippen molar-refractivity contribution in [3.05, 3.63) is 81.6 Å². The number of halogens is 1. The van der Waals surface area contributed by atoms with Gasteiger partial charge in [-0.2, -0.15) is 0 Å². The van der Waals surface area contributed by atoms with Gasteiger partial charge in [-0.1, -0.05) is 18.2 Å². The van der Waals surface area contributed by atoms with Crippen LogP contribution in [0.2, 0.25) is 0 Å². The first-order chi connectivity index (χ1) is 14.8. The fourth-order valence-electron chi connectivity index (χ4n) is 3.64. The first kappa shape index (κ1) is 21.3. The fourth-order valence-corrected chi connectivity index (χ4v) is 4.84. The Bertz CT molecular complexity index is 1260. The highest BCUT2D eigenvalue weighted by molar-refractivity contribution is 7.84. The quantitative estimate of drug-likeness (QED) is 0.541. The number of anilines is 1. The zero-order valence-electron chi connectivity index (χ0n) is 17.4. The molecule has 0 fully saturated rings. The Morgan fingerprint density at radius 2 is 1.90 bits per heavy atom. The summed E-state index contributed by atoms with van der Waals surface area (Å²) in [4.78, 5) is 18.6. The third-order valence-electron chi connectivity index (χ3n) is 5.18. The lowest BCUT2D eigenvalue weighted by Crippen LogP contribution is -2.11. The van der Waals surface area contributed by atoms with Crippen molar-refractivity contribution in [3.8, 4) is 0 Å². The Labute approximate surface area is 187 Å². The summed E-state index contributed by atoms with van der Waals surface area (Å²) < 4.78 is 25.7. The number of fused-ring (bicyclic) bond motifs is 1. The molecular formula is C24H21FN2O2S2. The molecule has 1 aliphatic rings. The Kier molecular flexibility index (Phi) is 5.98. The van der Waals surface area contributed by atoms with Gasteiger partial charge in [-0.25, -0.2) is 9.37 Å². The summed E-state index contributed by atoms with van der Waals surface area (Å²) in [5.41, 5.74) is 5.28.